The second-order valence-electron chi connectivity index (χ2n) is 6.35. The Labute approximate surface area is 148 Å². The Morgan fingerprint density at radius 3 is 2.32 bits per heavy atom. The molecule has 0 spiro atoms. The number of benzene rings is 1. The van der Waals surface area contributed by atoms with Gasteiger partial charge in [-0.25, -0.2) is 0 Å². The van der Waals surface area contributed by atoms with Crippen LogP contribution < -0.4 is 5.32 Å². The summed E-state index contributed by atoms with van der Waals surface area (Å²) < 4.78 is 0. The molecule has 0 aliphatic carbocycles. The molecule has 25 heavy (non-hydrogen) atoms. The zero-order chi connectivity index (χ0) is 18.4. The van der Waals surface area contributed by atoms with E-state index < -0.39 is 0 Å². The second kappa shape index (κ2) is 8.34. The third kappa shape index (κ3) is 4.60. The maximum atomic E-state index is 12.5. The minimum atomic E-state index is -0.305. The molecule has 1 N–H and O–H groups in total. The van der Waals surface area contributed by atoms with Gasteiger partial charge in [-0.1, -0.05) is 32.0 Å². The van der Waals surface area contributed by atoms with E-state index in [1.165, 1.54) is 13.1 Å². The van der Waals surface area contributed by atoms with Gasteiger partial charge < -0.3 is 15.1 Å². The monoisotopic (exact) mass is 340 g/mol. The Bertz CT molecular complexity index is 710. The number of hydrogen-bond acceptors (Lipinski definition) is 4. The standard InChI is InChI=1S/C19H24N4O2/c1-14(2)17-6-4-5-7-18(17)21-13-16(12-20)19(25)23-10-8-22(9-11-23)15(3)24/h4-7,13-14,21H,8-11H2,1-3H3/b16-13-. The minimum absolute atomic E-state index is 0.00936. The van der Waals surface area contributed by atoms with Crippen LogP contribution in [0, 0.1) is 11.3 Å². The first-order valence-electron chi connectivity index (χ1n) is 8.44. The van der Waals surface area contributed by atoms with E-state index in [1.807, 2.05) is 30.3 Å². The Kier molecular flexibility index (Phi) is 6.18. The van der Waals surface area contributed by atoms with Crippen LogP contribution in [0.5, 0.6) is 0 Å². The number of amides is 2. The van der Waals surface area contributed by atoms with Crippen LogP contribution in [-0.2, 0) is 9.59 Å². The number of carbonyl (C=O) groups is 2. The van der Waals surface area contributed by atoms with Gasteiger partial charge in [-0.3, -0.25) is 9.59 Å². The van der Waals surface area contributed by atoms with Crippen molar-refractivity contribution < 1.29 is 9.59 Å². The Morgan fingerprint density at radius 2 is 1.76 bits per heavy atom. The van der Waals surface area contributed by atoms with Crippen LogP contribution in [0.15, 0.2) is 36.0 Å². The van der Waals surface area contributed by atoms with E-state index in [1.54, 1.807) is 9.80 Å². The fourth-order valence-corrected chi connectivity index (χ4v) is 2.82. The maximum Gasteiger partial charge on any atom is 0.266 e. The van der Waals surface area contributed by atoms with Crippen LogP contribution in [-0.4, -0.2) is 47.8 Å². The van der Waals surface area contributed by atoms with Gasteiger partial charge >= 0.3 is 0 Å². The van der Waals surface area contributed by atoms with E-state index in [0.29, 0.717) is 32.1 Å². The van der Waals surface area contributed by atoms with Gasteiger partial charge in [0.05, 0.1) is 0 Å². The van der Waals surface area contributed by atoms with Crippen molar-refractivity contribution in [3.8, 4) is 6.07 Å². The molecule has 0 saturated carbocycles. The molecule has 1 saturated heterocycles. The van der Waals surface area contributed by atoms with Crippen LogP contribution in [0.25, 0.3) is 0 Å². The summed E-state index contributed by atoms with van der Waals surface area (Å²) in [5.74, 6) is 0.0355. The number of piperazine rings is 1. The van der Waals surface area contributed by atoms with Crippen LogP contribution in [0.3, 0.4) is 0 Å². The fourth-order valence-electron chi connectivity index (χ4n) is 2.82. The molecule has 1 aliphatic heterocycles. The van der Waals surface area contributed by atoms with Gasteiger partial charge in [0.1, 0.15) is 11.6 Å². The van der Waals surface area contributed by atoms with Crippen molar-refractivity contribution >= 4 is 17.5 Å². The molecular formula is C19H24N4O2. The summed E-state index contributed by atoms with van der Waals surface area (Å²) >= 11 is 0. The third-order valence-electron chi connectivity index (χ3n) is 4.32. The molecule has 1 aliphatic rings. The van der Waals surface area contributed by atoms with Crippen molar-refractivity contribution in [2.45, 2.75) is 26.7 Å². The highest BCUT2D eigenvalue weighted by Crippen LogP contribution is 2.23. The van der Waals surface area contributed by atoms with Gasteiger partial charge in [0, 0.05) is 45.0 Å². The number of para-hydroxylation sites is 1. The minimum Gasteiger partial charge on any atom is -0.360 e. The van der Waals surface area contributed by atoms with Crippen molar-refractivity contribution in [2.24, 2.45) is 0 Å². The van der Waals surface area contributed by atoms with E-state index in [9.17, 15) is 14.9 Å². The molecular weight excluding hydrogens is 316 g/mol. The molecule has 1 aromatic carbocycles. The van der Waals surface area contributed by atoms with Crippen LogP contribution in [0.1, 0.15) is 32.3 Å². The molecule has 0 unspecified atom stereocenters. The summed E-state index contributed by atoms with van der Waals surface area (Å²) in [4.78, 5) is 27.2. The van der Waals surface area contributed by atoms with Gasteiger partial charge in [-0.15, -0.1) is 0 Å². The molecule has 2 amide bonds. The van der Waals surface area contributed by atoms with Crippen LogP contribution >= 0.6 is 0 Å². The predicted molar refractivity (Wildman–Crippen MR) is 96.7 cm³/mol. The summed E-state index contributed by atoms with van der Waals surface area (Å²) in [6, 6.07) is 9.81. The van der Waals surface area contributed by atoms with Crippen LogP contribution in [0.2, 0.25) is 0 Å². The number of nitrogens with zero attached hydrogens (tertiary/aromatic N) is 3. The van der Waals surface area contributed by atoms with Gasteiger partial charge in [0.2, 0.25) is 5.91 Å². The van der Waals surface area contributed by atoms with Gasteiger partial charge in [0.15, 0.2) is 0 Å². The molecule has 2 rings (SSSR count). The number of carbonyl (C=O) groups excluding carboxylic acids is 2. The summed E-state index contributed by atoms with van der Waals surface area (Å²) in [7, 11) is 0. The highest BCUT2D eigenvalue weighted by Gasteiger charge is 2.24. The molecule has 6 heteroatoms. The molecule has 1 aromatic rings. The van der Waals surface area contributed by atoms with E-state index in [-0.39, 0.29) is 17.4 Å². The number of anilines is 1. The molecule has 132 valence electrons. The van der Waals surface area contributed by atoms with Crippen molar-refractivity contribution in [3.05, 3.63) is 41.6 Å². The Balaban J connectivity index is 2.07. The van der Waals surface area contributed by atoms with E-state index in [4.69, 9.17) is 0 Å². The first-order valence-corrected chi connectivity index (χ1v) is 8.44. The largest absolute Gasteiger partial charge is 0.360 e. The topological polar surface area (TPSA) is 76.4 Å². The quantitative estimate of drug-likeness (QED) is 0.674. The van der Waals surface area contributed by atoms with Crippen molar-refractivity contribution in [2.75, 3.05) is 31.5 Å². The number of nitrogens with one attached hydrogen (secondary N) is 1. The highest BCUT2D eigenvalue weighted by atomic mass is 16.2. The second-order valence-corrected chi connectivity index (χ2v) is 6.35. The van der Waals surface area contributed by atoms with E-state index in [2.05, 4.69) is 19.2 Å². The molecule has 6 nitrogen and oxygen atoms in total. The lowest BCUT2D eigenvalue weighted by Crippen LogP contribution is -2.50. The average molecular weight is 340 g/mol. The summed E-state index contributed by atoms with van der Waals surface area (Å²) in [6.07, 6.45) is 1.47. The summed E-state index contributed by atoms with van der Waals surface area (Å²) in [5.41, 5.74) is 2.08. The first-order chi connectivity index (χ1) is 11.9. The molecule has 1 heterocycles. The molecule has 1 fully saturated rings. The Hall–Kier alpha value is -2.81. The zero-order valence-electron chi connectivity index (χ0n) is 15.0. The maximum absolute atomic E-state index is 12.5. The Morgan fingerprint density at radius 1 is 1.16 bits per heavy atom. The highest BCUT2D eigenvalue weighted by molar-refractivity contribution is 5.97. The predicted octanol–water partition coefficient (Wildman–Crippen LogP) is 2.32. The van der Waals surface area contributed by atoms with Crippen molar-refractivity contribution in [3.63, 3.8) is 0 Å². The first kappa shape index (κ1) is 18.5. The molecule has 0 aromatic heterocycles. The smallest absolute Gasteiger partial charge is 0.266 e. The zero-order valence-corrected chi connectivity index (χ0v) is 15.0. The number of rotatable bonds is 4. The number of nitriles is 1. The lowest BCUT2D eigenvalue weighted by atomic mass is 10.0. The van der Waals surface area contributed by atoms with E-state index in [0.717, 1.165) is 11.3 Å². The molecule has 0 bridgehead atoms. The fraction of sp³-hybridized carbons (Fsp3) is 0.421. The van der Waals surface area contributed by atoms with Crippen LogP contribution in [0.4, 0.5) is 5.69 Å². The van der Waals surface area contributed by atoms with Crippen molar-refractivity contribution in [1.82, 2.24) is 9.80 Å². The van der Waals surface area contributed by atoms with Gasteiger partial charge in [-0.05, 0) is 17.5 Å². The molecule has 0 radical (unpaired) electrons. The van der Waals surface area contributed by atoms with E-state index >= 15 is 0 Å². The lowest BCUT2D eigenvalue weighted by Gasteiger charge is -2.34. The third-order valence-corrected chi connectivity index (χ3v) is 4.32. The normalized spacial score (nSPS) is 15.1. The SMILES string of the molecule is CC(=O)N1CCN(C(=O)/C(C#N)=C\Nc2ccccc2C(C)C)CC1. The lowest BCUT2D eigenvalue weighted by molar-refractivity contribution is -0.136. The average Bonchev–Trinajstić information content (AvgIpc) is 2.62. The summed E-state index contributed by atoms with van der Waals surface area (Å²) in [5, 5.41) is 12.4. The summed E-state index contributed by atoms with van der Waals surface area (Å²) in [6.45, 7) is 7.60. The number of hydrogen-bond donors (Lipinski definition) is 1. The van der Waals surface area contributed by atoms with Gasteiger partial charge in [0.25, 0.3) is 5.91 Å². The van der Waals surface area contributed by atoms with Gasteiger partial charge in [-0.2, -0.15) is 5.26 Å². The molecule has 0 atom stereocenters. The van der Waals surface area contributed by atoms with Crippen molar-refractivity contribution in [1.29, 1.82) is 5.26 Å².